The van der Waals surface area contributed by atoms with Gasteiger partial charge < -0.3 is 14.8 Å². The van der Waals surface area contributed by atoms with E-state index in [0.29, 0.717) is 35.0 Å². The lowest BCUT2D eigenvalue weighted by Crippen LogP contribution is -2.08. The minimum Gasteiger partial charge on any atom is -0.454 e. The molecule has 1 aliphatic rings. The van der Waals surface area contributed by atoms with E-state index in [2.05, 4.69) is 61.2 Å². The Morgan fingerprint density at radius 1 is 0.745 bits per heavy atom. The third kappa shape index (κ3) is 6.82. The molecule has 0 aliphatic carbocycles. The molecule has 236 valence electrons. The molecule has 6 aromatic heterocycles. The monoisotopic (exact) mass is 681 g/mol. The molecule has 1 aromatic carbocycles. The number of thiophene rings is 2. The summed E-state index contributed by atoms with van der Waals surface area (Å²) in [6, 6.07) is 10.3. The van der Waals surface area contributed by atoms with Crippen molar-refractivity contribution in [1.29, 1.82) is 0 Å². The standard InChI is InChI=1S/C21H19N5O2S.C12H9ClN4S/c1-2-14-10-15-19(24-6-5-13-3-4-17-18(9-13)28-12-27-17)25-20(26-21(15)29-14)16-11-22-7-8-23-16;1-2-7-5-8-10(13)16-11(17-12(8)18-7)9-6-14-3-4-15-9/h3-4,7-11H,2,5-6,12H2,1H3,(H,24,25,26);3-6H,2H2,1H3. The number of nitrogens with one attached hydrogen (secondary N) is 1. The minimum absolute atomic E-state index is 0.291. The molecule has 14 heteroatoms. The van der Waals surface area contributed by atoms with Crippen LogP contribution < -0.4 is 14.8 Å². The molecule has 0 fully saturated rings. The van der Waals surface area contributed by atoms with Gasteiger partial charge in [-0.3, -0.25) is 9.97 Å². The van der Waals surface area contributed by atoms with Gasteiger partial charge in [-0.25, -0.2) is 29.9 Å². The Hall–Kier alpha value is -4.85. The summed E-state index contributed by atoms with van der Waals surface area (Å²) in [4.78, 5) is 39.3. The van der Waals surface area contributed by atoms with Crippen LogP contribution in [0.5, 0.6) is 11.5 Å². The lowest BCUT2D eigenvalue weighted by molar-refractivity contribution is 0.174. The summed E-state index contributed by atoms with van der Waals surface area (Å²) in [5.74, 6) is 3.54. The molecule has 0 saturated carbocycles. The highest BCUT2D eigenvalue weighted by molar-refractivity contribution is 7.19. The Kier molecular flexibility index (Phi) is 9.09. The van der Waals surface area contributed by atoms with Crippen molar-refractivity contribution in [1.82, 2.24) is 39.9 Å². The molecule has 1 N–H and O–H groups in total. The van der Waals surface area contributed by atoms with E-state index in [1.807, 2.05) is 18.2 Å². The van der Waals surface area contributed by atoms with Gasteiger partial charge in [-0.2, -0.15) is 0 Å². The molecule has 0 bridgehead atoms. The number of halogens is 1. The summed E-state index contributed by atoms with van der Waals surface area (Å²) < 4.78 is 10.8. The second kappa shape index (κ2) is 13.9. The van der Waals surface area contributed by atoms with Crippen molar-refractivity contribution in [3.63, 3.8) is 0 Å². The first-order valence-corrected chi connectivity index (χ1v) is 17.0. The van der Waals surface area contributed by atoms with Crippen LogP contribution in [0.2, 0.25) is 5.15 Å². The highest BCUT2D eigenvalue weighted by Crippen LogP contribution is 2.34. The van der Waals surface area contributed by atoms with Gasteiger partial charge in [0.25, 0.3) is 0 Å². The maximum absolute atomic E-state index is 6.19. The van der Waals surface area contributed by atoms with Gasteiger partial charge in [0, 0.05) is 46.5 Å². The summed E-state index contributed by atoms with van der Waals surface area (Å²) in [6.45, 7) is 5.28. The molecule has 8 rings (SSSR count). The normalized spacial score (nSPS) is 11.9. The Morgan fingerprint density at radius 2 is 1.38 bits per heavy atom. The van der Waals surface area contributed by atoms with Crippen LogP contribution in [-0.4, -0.2) is 53.2 Å². The van der Waals surface area contributed by atoms with E-state index in [4.69, 9.17) is 31.0 Å². The van der Waals surface area contributed by atoms with Crippen LogP contribution in [0.3, 0.4) is 0 Å². The predicted octanol–water partition coefficient (Wildman–Crippen LogP) is 7.46. The molecule has 0 unspecified atom stereocenters. The Labute approximate surface area is 283 Å². The third-order valence-electron chi connectivity index (χ3n) is 7.27. The van der Waals surface area contributed by atoms with Gasteiger partial charge in [0.05, 0.1) is 17.8 Å². The predicted molar refractivity (Wildman–Crippen MR) is 185 cm³/mol. The van der Waals surface area contributed by atoms with E-state index in [1.165, 1.54) is 15.3 Å². The molecule has 1 aliphatic heterocycles. The number of ether oxygens (including phenoxy) is 2. The van der Waals surface area contributed by atoms with E-state index >= 15 is 0 Å². The van der Waals surface area contributed by atoms with E-state index in [1.54, 1.807) is 59.9 Å². The van der Waals surface area contributed by atoms with Crippen LogP contribution in [-0.2, 0) is 19.3 Å². The van der Waals surface area contributed by atoms with Crippen molar-refractivity contribution in [2.75, 3.05) is 18.7 Å². The molecule has 0 spiro atoms. The Balaban J connectivity index is 0.000000167. The van der Waals surface area contributed by atoms with E-state index in [0.717, 1.165) is 63.6 Å². The van der Waals surface area contributed by atoms with Gasteiger partial charge >= 0.3 is 0 Å². The molecule has 0 saturated heterocycles. The average Bonchev–Trinajstić information content (AvgIpc) is 3.87. The second-order valence-corrected chi connectivity index (χ2v) is 12.9. The molecule has 7 heterocycles. The van der Waals surface area contributed by atoms with E-state index in [9.17, 15) is 0 Å². The largest absolute Gasteiger partial charge is 0.454 e. The van der Waals surface area contributed by atoms with E-state index in [-0.39, 0.29) is 0 Å². The molecule has 7 aromatic rings. The number of nitrogens with zero attached hydrogens (tertiary/aromatic N) is 8. The van der Waals surface area contributed by atoms with E-state index < -0.39 is 0 Å². The van der Waals surface area contributed by atoms with Crippen molar-refractivity contribution in [2.45, 2.75) is 33.1 Å². The number of aryl methyl sites for hydroxylation is 2. The Morgan fingerprint density at radius 3 is 2.04 bits per heavy atom. The van der Waals surface area contributed by atoms with Crippen molar-refractivity contribution in [2.24, 2.45) is 0 Å². The molecule has 0 atom stereocenters. The first kappa shape index (κ1) is 30.8. The smallest absolute Gasteiger partial charge is 0.231 e. The number of hydrogen-bond acceptors (Lipinski definition) is 13. The molecular formula is C33H28ClN9O2S2. The minimum atomic E-state index is 0.291. The molecule has 47 heavy (non-hydrogen) atoms. The van der Waals surface area contributed by atoms with Gasteiger partial charge in [-0.05, 0) is 49.1 Å². The average molecular weight is 682 g/mol. The fourth-order valence-electron chi connectivity index (χ4n) is 4.87. The summed E-state index contributed by atoms with van der Waals surface area (Å²) in [6.07, 6.45) is 12.6. The summed E-state index contributed by atoms with van der Waals surface area (Å²) in [7, 11) is 0. The van der Waals surface area contributed by atoms with Crippen LogP contribution in [0.15, 0.2) is 67.5 Å². The topological polar surface area (TPSA) is 134 Å². The first-order chi connectivity index (χ1) is 23.1. The third-order valence-corrected chi connectivity index (χ3v) is 9.90. The molecular weight excluding hydrogens is 654 g/mol. The van der Waals surface area contributed by atoms with Crippen LogP contribution in [0.25, 0.3) is 43.5 Å². The molecule has 11 nitrogen and oxygen atoms in total. The van der Waals surface area contributed by atoms with Crippen molar-refractivity contribution in [3.05, 3.63) is 88.0 Å². The lowest BCUT2D eigenvalue weighted by atomic mass is 10.1. The van der Waals surface area contributed by atoms with Gasteiger partial charge in [-0.15, -0.1) is 22.7 Å². The van der Waals surface area contributed by atoms with Crippen molar-refractivity contribution < 1.29 is 9.47 Å². The zero-order valence-corrected chi connectivity index (χ0v) is 27.9. The van der Waals surface area contributed by atoms with Crippen LogP contribution >= 0.6 is 34.3 Å². The van der Waals surface area contributed by atoms with Crippen molar-refractivity contribution in [3.8, 4) is 34.5 Å². The van der Waals surface area contributed by atoms with Gasteiger partial charge in [0.2, 0.25) is 6.79 Å². The quantitative estimate of drug-likeness (QED) is 0.160. The van der Waals surface area contributed by atoms with Crippen molar-refractivity contribution >= 4 is 60.5 Å². The number of benzene rings is 1. The number of hydrogen-bond donors (Lipinski definition) is 1. The number of fused-ring (bicyclic) bond motifs is 3. The fraction of sp³-hybridized carbons (Fsp3) is 0.212. The second-order valence-electron chi connectivity index (χ2n) is 10.3. The van der Waals surface area contributed by atoms with Gasteiger partial charge in [0.15, 0.2) is 23.1 Å². The zero-order chi connectivity index (χ0) is 32.2. The summed E-state index contributed by atoms with van der Waals surface area (Å²) in [5.41, 5.74) is 2.48. The highest BCUT2D eigenvalue weighted by atomic mass is 35.5. The van der Waals surface area contributed by atoms with Crippen LogP contribution in [0.1, 0.15) is 29.2 Å². The van der Waals surface area contributed by atoms with Crippen LogP contribution in [0, 0.1) is 0 Å². The maximum atomic E-state index is 6.19. The summed E-state index contributed by atoms with van der Waals surface area (Å²) in [5, 5.41) is 5.91. The molecule has 0 radical (unpaired) electrons. The number of anilines is 1. The highest BCUT2D eigenvalue weighted by Gasteiger charge is 2.16. The summed E-state index contributed by atoms with van der Waals surface area (Å²) >= 11 is 9.52. The number of aromatic nitrogens is 8. The fourth-order valence-corrected chi connectivity index (χ4v) is 7.09. The molecule has 0 amide bonds. The SMILES string of the molecule is CCc1cc2c(Cl)nc(-c3cnccn3)nc2s1.CCc1cc2c(NCCc3ccc4c(c3)OCO4)nc(-c3cnccn3)nc2s1. The maximum Gasteiger partial charge on any atom is 0.231 e. The number of rotatable bonds is 8. The zero-order valence-electron chi connectivity index (χ0n) is 25.5. The first-order valence-electron chi connectivity index (χ1n) is 15.0. The van der Waals surface area contributed by atoms with Gasteiger partial charge in [0.1, 0.15) is 32.0 Å². The van der Waals surface area contributed by atoms with Gasteiger partial charge in [-0.1, -0.05) is 31.5 Å². The lowest BCUT2D eigenvalue weighted by Gasteiger charge is -2.09. The van der Waals surface area contributed by atoms with Crippen LogP contribution in [0.4, 0.5) is 5.82 Å². The Bertz CT molecular complexity index is 2160.